The summed E-state index contributed by atoms with van der Waals surface area (Å²) in [6, 6.07) is 0. The first-order valence-corrected chi connectivity index (χ1v) is 2.21. The van der Waals surface area contributed by atoms with Gasteiger partial charge in [0, 0.05) is 0 Å². The Morgan fingerprint density at radius 2 is 2.50 bits per heavy atom. The molecule has 1 N–H and O–H groups in total. The van der Waals surface area contributed by atoms with Crippen LogP contribution in [0, 0.1) is 4.91 Å². The molecule has 0 aromatic rings. The van der Waals surface area contributed by atoms with E-state index in [1.807, 2.05) is 6.92 Å². The minimum Gasteiger partial charge on any atom is -0.243 e. The molecule has 0 saturated heterocycles. The second-order valence-corrected chi connectivity index (χ2v) is 1.23. The second-order valence-electron chi connectivity index (χ2n) is 1.23. The molecule has 0 radical (unpaired) electrons. The highest BCUT2D eigenvalue weighted by Crippen LogP contribution is 1.83. The third-order valence-corrected chi connectivity index (χ3v) is 0.557. The molecule has 0 aromatic carbocycles. The lowest BCUT2D eigenvalue weighted by Gasteiger charge is -1.88. The molecule has 0 spiro atoms. The van der Waals surface area contributed by atoms with Gasteiger partial charge in [-0.3, -0.25) is 0 Å². The van der Waals surface area contributed by atoms with E-state index in [2.05, 4.69) is 17.3 Å². The number of hydrogen-bond donors (Lipinski definition) is 1. The van der Waals surface area contributed by atoms with Gasteiger partial charge in [-0.1, -0.05) is 12.7 Å². The first-order valence-electron chi connectivity index (χ1n) is 2.21. The van der Waals surface area contributed by atoms with Gasteiger partial charge in [0.05, 0.1) is 11.0 Å². The molecule has 0 unspecified atom stereocenters. The van der Waals surface area contributed by atoms with Crippen LogP contribution in [0.3, 0.4) is 0 Å². The Kier molecular flexibility index (Phi) is 3.48. The van der Waals surface area contributed by atoms with Crippen molar-refractivity contribution in [1.82, 2.24) is 5.43 Å². The summed E-state index contributed by atoms with van der Waals surface area (Å²) >= 11 is 0. The quantitative estimate of drug-likeness (QED) is 0.340. The summed E-state index contributed by atoms with van der Waals surface area (Å²) in [6.45, 7) is 5.27. The molecular formula is C5H8N2O. The van der Waals surface area contributed by atoms with Crippen molar-refractivity contribution in [2.45, 2.75) is 6.92 Å². The van der Waals surface area contributed by atoms with Crippen molar-refractivity contribution in [2.75, 3.05) is 0 Å². The number of hydrogen-bond acceptors (Lipinski definition) is 2. The zero-order valence-corrected chi connectivity index (χ0v) is 4.72. The summed E-state index contributed by atoms with van der Waals surface area (Å²) in [7, 11) is 0. The molecule has 0 aliphatic heterocycles. The Bertz CT molecular complexity index is 118. The Hall–Kier alpha value is -1.12. The molecule has 0 amide bonds. The van der Waals surface area contributed by atoms with Crippen LogP contribution in [0.5, 0.6) is 0 Å². The molecule has 0 aliphatic carbocycles. The molecule has 0 fully saturated rings. The van der Waals surface area contributed by atoms with Crippen molar-refractivity contribution < 1.29 is 0 Å². The maximum atomic E-state index is 9.43. The van der Waals surface area contributed by atoms with E-state index in [-0.39, 0.29) is 0 Å². The molecule has 44 valence electrons. The molecule has 0 aromatic heterocycles. The Morgan fingerprint density at radius 1 is 1.88 bits per heavy atom. The van der Waals surface area contributed by atoms with E-state index in [4.69, 9.17) is 0 Å². The van der Waals surface area contributed by atoms with E-state index >= 15 is 0 Å². The average Bonchev–Trinajstić information content (AvgIpc) is 1.68. The Balaban J connectivity index is 3.48. The molecule has 3 nitrogen and oxygen atoms in total. The fraction of sp³-hybridized carbons (Fsp3) is 0.200. The highest BCUT2D eigenvalue weighted by Gasteiger charge is 1.78. The SMILES string of the molecule is C=C(/C=C/C)NN=O. The number of rotatable bonds is 3. The van der Waals surface area contributed by atoms with Crippen LogP contribution in [0.25, 0.3) is 0 Å². The first kappa shape index (κ1) is 6.88. The van der Waals surface area contributed by atoms with Gasteiger partial charge in [0.25, 0.3) is 0 Å². The van der Waals surface area contributed by atoms with E-state index in [0.717, 1.165) is 0 Å². The second kappa shape index (κ2) is 4.05. The van der Waals surface area contributed by atoms with Crippen LogP contribution < -0.4 is 5.43 Å². The van der Waals surface area contributed by atoms with Gasteiger partial charge in [-0.05, 0) is 13.0 Å². The molecule has 0 saturated carbocycles. The van der Waals surface area contributed by atoms with Crippen LogP contribution in [0.15, 0.2) is 29.7 Å². The summed E-state index contributed by atoms with van der Waals surface area (Å²) in [6.07, 6.45) is 3.42. The molecule has 0 bridgehead atoms. The fourth-order valence-electron chi connectivity index (χ4n) is 0.297. The third kappa shape index (κ3) is 3.08. The fourth-order valence-corrected chi connectivity index (χ4v) is 0.297. The highest BCUT2D eigenvalue weighted by atomic mass is 16.3. The smallest absolute Gasteiger partial charge is 0.0546 e. The molecule has 0 heterocycles. The minimum atomic E-state index is 0.502. The maximum absolute atomic E-state index is 9.43. The van der Waals surface area contributed by atoms with E-state index < -0.39 is 0 Å². The zero-order valence-electron chi connectivity index (χ0n) is 4.72. The maximum Gasteiger partial charge on any atom is 0.0546 e. The normalized spacial score (nSPS) is 9.12. The number of nitrogens with one attached hydrogen (secondary N) is 1. The van der Waals surface area contributed by atoms with Gasteiger partial charge in [0.1, 0.15) is 0 Å². The van der Waals surface area contributed by atoms with Gasteiger partial charge >= 0.3 is 0 Å². The standard InChI is InChI=1S/C5H8N2O/c1-3-4-5(2)6-7-8/h3-4H,2H2,1H3,(H,6,8)/b4-3+. The van der Waals surface area contributed by atoms with Gasteiger partial charge in [-0.25, -0.2) is 5.43 Å². The van der Waals surface area contributed by atoms with Crippen LogP contribution in [-0.2, 0) is 0 Å². The Morgan fingerprint density at radius 3 is 2.88 bits per heavy atom. The van der Waals surface area contributed by atoms with Crippen LogP contribution in [-0.4, -0.2) is 0 Å². The lowest BCUT2D eigenvalue weighted by Crippen LogP contribution is -1.97. The first-order chi connectivity index (χ1) is 3.81. The predicted molar refractivity (Wildman–Crippen MR) is 32.9 cm³/mol. The lowest BCUT2D eigenvalue weighted by atomic mass is 10.4. The summed E-state index contributed by atoms with van der Waals surface area (Å²) in [5.41, 5.74) is 2.64. The zero-order chi connectivity index (χ0) is 6.41. The highest BCUT2D eigenvalue weighted by molar-refractivity contribution is 5.09. The number of allylic oxidation sites excluding steroid dienone is 2. The van der Waals surface area contributed by atoms with E-state index in [9.17, 15) is 4.91 Å². The van der Waals surface area contributed by atoms with E-state index in [1.54, 1.807) is 12.2 Å². The molecule has 0 rings (SSSR count). The van der Waals surface area contributed by atoms with Crippen molar-refractivity contribution in [3.05, 3.63) is 29.3 Å². The Labute approximate surface area is 48.0 Å². The van der Waals surface area contributed by atoms with Crippen molar-refractivity contribution >= 4 is 0 Å². The number of nitrogens with zero attached hydrogens (tertiary/aromatic N) is 1. The van der Waals surface area contributed by atoms with E-state index in [0.29, 0.717) is 5.70 Å². The monoisotopic (exact) mass is 112 g/mol. The van der Waals surface area contributed by atoms with Crippen LogP contribution >= 0.6 is 0 Å². The molecule has 3 heteroatoms. The van der Waals surface area contributed by atoms with Crippen molar-refractivity contribution in [3.63, 3.8) is 0 Å². The summed E-state index contributed by atoms with van der Waals surface area (Å²) in [5, 5.41) is 2.40. The van der Waals surface area contributed by atoms with Crippen molar-refractivity contribution in [1.29, 1.82) is 0 Å². The largest absolute Gasteiger partial charge is 0.243 e. The van der Waals surface area contributed by atoms with Gasteiger partial charge in [-0.2, -0.15) is 0 Å². The van der Waals surface area contributed by atoms with E-state index in [1.165, 1.54) is 0 Å². The summed E-state index contributed by atoms with van der Waals surface area (Å²) in [4.78, 5) is 9.43. The van der Waals surface area contributed by atoms with Gasteiger partial charge in [-0.15, -0.1) is 4.91 Å². The van der Waals surface area contributed by atoms with Gasteiger partial charge in [0.2, 0.25) is 0 Å². The molecular weight excluding hydrogens is 104 g/mol. The summed E-state index contributed by atoms with van der Waals surface area (Å²) in [5.74, 6) is 0. The van der Waals surface area contributed by atoms with Gasteiger partial charge in [0.15, 0.2) is 0 Å². The van der Waals surface area contributed by atoms with Gasteiger partial charge < -0.3 is 0 Å². The van der Waals surface area contributed by atoms with Crippen LogP contribution in [0.4, 0.5) is 0 Å². The lowest BCUT2D eigenvalue weighted by molar-refractivity contribution is 0.910. The third-order valence-electron chi connectivity index (χ3n) is 0.557. The van der Waals surface area contributed by atoms with Crippen LogP contribution in [0.2, 0.25) is 0 Å². The topological polar surface area (TPSA) is 41.5 Å². The molecule has 0 aliphatic rings. The molecule has 0 atom stereocenters. The predicted octanol–water partition coefficient (Wildman–Crippen LogP) is 1.35. The van der Waals surface area contributed by atoms with Crippen molar-refractivity contribution in [3.8, 4) is 0 Å². The molecule has 8 heavy (non-hydrogen) atoms. The number of nitroso groups, excluding NO2 is 1. The summed E-state index contributed by atoms with van der Waals surface area (Å²) < 4.78 is 0. The van der Waals surface area contributed by atoms with Crippen LogP contribution in [0.1, 0.15) is 6.92 Å². The van der Waals surface area contributed by atoms with Crippen molar-refractivity contribution in [2.24, 2.45) is 5.29 Å². The minimum absolute atomic E-state index is 0.502. The average molecular weight is 112 g/mol.